The number of hydrogen-bond donors (Lipinski definition) is 0. The molecule has 0 aliphatic heterocycles. The summed E-state index contributed by atoms with van der Waals surface area (Å²) < 4.78 is 39.0. The van der Waals surface area contributed by atoms with Crippen LogP contribution in [0, 0.1) is 0 Å². The Morgan fingerprint density at radius 2 is 1.62 bits per heavy atom. The maximum atomic E-state index is 13.8. The van der Waals surface area contributed by atoms with E-state index in [1.165, 1.54) is 27.8 Å². The van der Waals surface area contributed by atoms with E-state index in [2.05, 4.69) is 0 Å². The van der Waals surface area contributed by atoms with Crippen molar-refractivity contribution in [1.82, 2.24) is 9.29 Å². The summed E-state index contributed by atoms with van der Waals surface area (Å²) in [6.45, 7) is 0.286. The summed E-state index contributed by atoms with van der Waals surface area (Å²) in [5.41, 5.74) is 1.90. The van der Waals surface area contributed by atoms with Crippen LogP contribution in [0.2, 0.25) is 0 Å². The smallest absolute Gasteiger partial charge is 0.260 e. The molecule has 37 heavy (non-hydrogen) atoms. The van der Waals surface area contributed by atoms with Crippen LogP contribution in [0.1, 0.15) is 28.8 Å². The fraction of sp³-hybridized carbons (Fsp3) is 0.259. The highest BCUT2D eigenvalue weighted by atomic mass is 32.2. The lowest BCUT2D eigenvalue weighted by Crippen LogP contribution is -2.31. The van der Waals surface area contributed by atoms with Gasteiger partial charge in [-0.05, 0) is 54.8 Å². The maximum absolute atomic E-state index is 13.8. The summed E-state index contributed by atoms with van der Waals surface area (Å²) in [5.74, 6) is 0.932. The van der Waals surface area contributed by atoms with E-state index in [0.717, 1.165) is 23.1 Å². The molecule has 1 aromatic heterocycles. The van der Waals surface area contributed by atoms with Gasteiger partial charge in [0.05, 0.1) is 25.7 Å². The van der Waals surface area contributed by atoms with Crippen LogP contribution in [0.4, 0.5) is 5.13 Å². The Morgan fingerprint density at radius 1 is 0.973 bits per heavy atom. The zero-order chi connectivity index (χ0) is 26.2. The minimum atomic E-state index is -3.60. The number of carbonyl (C=O) groups is 1. The van der Waals surface area contributed by atoms with Crippen molar-refractivity contribution >= 4 is 42.6 Å². The van der Waals surface area contributed by atoms with Gasteiger partial charge < -0.3 is 9.47 Å². The molecule has 192 valence electrons. The summed E-state index contributed by atoms with van der Waals surface area (Å²) >= 11 is 1.34. The van der Waals surface area contributed by atoms with Crippen LogP contribution in [0.25, 0.3) is 10.2 Å². The second-order valence-corrected chi connectivity index (χ2v) is 11.8. The second-order valence-electron chi connectivity index (χ2n) is 8.80. The summed E-state index contributed by atoms with van der Waals surface area (Å²) in [6.07, 6.45) is 1.75. The quantitative estimate of drug-likeness (QED) is 0.300. The topological polar surface area (TPSA) is 89.0 Å². The molecular weight excluding hydrogens is 510 g/mol. The van der Waals surface area contributed by atoms with Gasteiger partial charge in [0.2, 0.25) is 10.0 Å². The van der Waals surface area contributed by atoms with Gasteiger partial charge in [-0.3, -0.25) is 9.69 Å². The highest BCUT2D eigenvalue weighted by Crippen LogP contribution is 2.41. The molecule has 1 saturated carbocycles. The molecule has 0 bridgehead atoms. The number of anilines is 1. The molecule has 0 radical (unpaired) electrons. The van der Waals surface area contributed by atoms with Gasteiger partial charge in [0.25, 0.3) is 5.91 Å². The Kier molecular flexibility index (Phi) is 6.89. The predicted octanol–water partition coefficient (Wildman–Crippen LogP) is 4.94. The van der Waals surface area contributed by atoms with Crippen LogP contribution in [-0.2, 0) is 16.6 Å². The Balaban J connectivity index is 1.53. The van der Waals surface area contributed by atoms with Crippen molar-refractivity contribution < 1.29 is 22.7 Å². The largest absolute Gasteiger partial charge is 0.495 e. The van der Waals surface area contributed by atoms with Crippen LogP contribution in [0.15, 0.2) is 71.6 Å². The van der Waals surface area contributed by atoms with Crippen LogP contribution >= 0.6 is 11.3 Å². The third-order valence-electron chi connectivity index (χ3n) is 6.40. The van der Waals surface area contributed by atoms with E-state index in [9.17, 15) is 13.2 Å². The molecule has 1 aliphatic carbocycles. The average molecular weight is 538 g/mol. The normalized spacial score (nSPS) is 13.6. The van der Waals surface area contributed by atoms with Crippen molar-refractivity contribution in [3.8, 4) is 11.5 Å². The van der Waals surface area contributed by atoms with E-state index < -0.39 is 10.0 Å². The minimum absolute atomic E-state index is 0.0562. The van der Waals surface area contributed by atoms with Gasteiger partial charge in [-0.15, -0.1) is 0 Å². The number of amides is 1. The molecule has 0 saturated heterocycles. The van der Waals surface area contributed by atoms with Crippen molar-refractivity contribution in [2.24, 2.45) is 0 Å². The Labute approximate surface area is 220 Å². The first-order valence-electron chi connectivity index (χ1n) is 11.8. The third kappa shape index (κ3) is 4.92. The van der Waals surface area contributed by atoms with Crippen molar-refractivity contribution in [3.63, 3.8) is 0 Å². The number of benzene rings is 3. The summed E-state index contributed by atoms with van der Waals surface area (Å²) in [6, 6.07) is 19.4. The molecule has 10 heteroatoms. The lowest BCUT2D eigenvalue weighted by molar-refractivity contribution is 0.0985. The van der Waals surface area contributed by atoms with Crippen LogP contribution < -0.4 is 14.4 Å². The van der Waals surface area contributed by atoms with E-state index in [0.29, 0.717) is 27.7 Å². The number of thiazole rings is 1. The maximum Gasteiger partial charge on any atom is 0.260 e. The minimum Gasteiger partial charge on any atom is -0.495 e. The number of carbonyl (C=O) groups excluding carboxylic acids is 1. The van der Waals surface area contributed by atoms with Crippen molar-refractivity contribution in [1.29, 1.82) is 0 Å². The Bertz CT molecular complexity index is 1490. The molecule has 5 rings (SSSR count). The highest BCUT2D eigenvalue weighted by Gasteiger charge is 2.35. The first-order valence-corrected chi connectivity index (χ1v) is 14.0. The summed E-state index contributed by atoms with van der Waals surface area (Å²) in [7, 11) is 1.16. The lowest BCUT2D eigenvalue weighted by atomic mass is 10.1. The molecule has 0 N–H and O–H groups in total. The first-order chi connectivity index (χ1) is 17.8. The molecule has 1 aliphatic rings. The van der Waals surface area contributed by atoms with Gasteiger partial charge in [0.1, 0.15) is 21.7 Å². The molecule has 0 unspecified atom stereocenters. The number of sulfonamides is 1. The number of ether oxygens (including phenoxy) is 2. The number of fused-ring (bicyclic) bond motifs is 1. The first kappa shape index (κ1) is 25.2. The van der Waals surface area contributed by atoms with Crippen LogP contribution in [-0.4, -0.2) is 50.9 Å². The van der Waals surface area contributed by atoms with E-state index >= 15 is 0 Å². The van der Waals surface area contributed by atoms with Crippen LogP contribution in [0.5, 0.6) is 11.5 Å². The van der Waals surface area contributed by atoms with E-state index in [4.69, 9.17) is 14.5 Å². The molecule has 1 fully saturated rings. The molecule has 0 atom stereocenters. The zero-order valence-corrected chi connectivity index (χ0v) is 22.4. The molecule has 1 heterocycles. The SMILES string of the molecule is COc1ccc(OC)c2sc(N(Cc3ccccc3)C(=O)c3ccc(S(=O)(=O)N(C)C4CC4)cc3)nc12. The zero-order valence-electron chi connectivity index (χ0n) is 20.7. The number of rotatable bonds is 9. The van der Waals surface area contributed by atoms with Gasteiger partial charge in [0.15, 0.2) is 5.13 Å². The molecule has 4 aromatic rings. The van der Waals surface area contributed by atoms with Gasteiger partial charge in [0, 0.05) is 18.7 Å². The number of hydrogen-bond acceptors (Lipinski definition) is 7. The highest BCUT2D eigenvalue weighted by molar-refractivity contribution is 7.89. The van der Waals surface area contributed by atoms with Crippen molar-refractivity contribution in [3.05, 3.63) is 77.9 Å². The van der Waals surface area contributed by atoms with E-state index in [1.54, 1.807) is 44.4 Å². The Morgan fingerprint density at radius 3 is 2.24 bits per heavy atom. The van der Waals surface area contributed by atoms with Gasteiger partial charge in [-0.25, -0.2) is 13.4 Å². The number of aromatic nitrogens is 1. The monoisotopic (exact) mass is 537 g/mol. The fourth-order valence-corrected chi connectivity index (χ4v) is 6.60. The summed E-state index contributed by atoms with van der Waals surface area (Å²) in [5, 5.41) is 0.483. The van der Waals surface area contributed by atoms with E-state index in [-0.39, 0.29) is 23.4 Å². The summed E-state index contributed by atoms with van der Waals surface area (Å²) in [4.78, 5) is 20.3. The van der Waals surface area contributed by atoms with E-state index in [1.807, 2.05) is 36.4 Å². The molecular formula is C27H27N3O5S2. The van der Waals surface area contributed by atoms with Gasteiger partial charge in [-0.1, -0.05) is 41.7 Å². The lowest BCUT2D eigenvalue weighted by Gasteiger charge is -2.21. The van der Waals surface area contributed by atoms with Crippen molar-refractivity contribution in [2.75, 3.05) is 26.2 Å². The second kappa shape index (κ2) is 10.1. The molecule has 0 spiro atoms. The molecule has 8 nitrogen and oxygen atoms in total. The fourth-order valence-electron chi connectivity index (χ4n) is 4.11. The predicted molar refractivity (Wildman–Crippen MR) is 144 cm³/mol. The number of nitrogens with zero attached hydrogens (tertiary/aromatic N) is 3. The van der Waals surface area contributed by atoms with Gasteiger partial charge in [-0.2, -0.15) is 4.31 Å². The van der Waals surface area contributed by atoms with Gasteiger partial charge >= 0.3 is 0 Å². The number of methoxy groups -OCH3 is 2. The van der Waals surface area contributed by atoms with Crippen molar-refractivity contribution in [2.45, 2.75) is 30.3 Å². The third-order valence-corrected chi connectivity index (χ3v) is 9.42. The average Bonchev–Trinajstić information content (AvgIpc) is 3.68. The standard InChI is InChI=1S/C27H27N3O5S2/c1-29(20-11-12-20)37(32,33)21-13-9-19(10-14-21)26(31)30(17-18-7-5-4-6-8-18)27-28-24-22(34-2)15-16-23(35-3)25(24)36-27/h4-10,13-16,20H,11-12,17H2,1-3H3. The Hall–Kier alpha value is -3.47. The molecule has 3 aromatic carbocycles. The molecule has 1 amide bonds. The van der Waals surface area contributed by atoms with Crippen LogP contribution in [0.3, 0.4) is 0 Å².